The van der Waals surface area contributed by atoms with Crippen molar-refractivity contribution in [3.05, 3.63) is 29.8 Å². The number of carbonyl (C=O) groups is 1. The molecule has 4 heteroatoms. The van der Waals surface area contributed by atoms with Gasteiger partial charge in [0.25, 0.3) is 5.91 Å². The molecule has 2 saturated heterocycles. The molecule has 17 heavy (non-hydrogen) atoms. The van der Waals surface area contributed by atoms with Crippen molar-refractivity contribution in [3.63, 3.8) is 0 Å². The first kappa shape index (κ1) is 10.6. The van der Waals surface area contributed by atoms with Crippen molar-refractivity contribution in [1.82, 2.24) is 9.80 Å². The minimum atomic E-state index is 0.144. The monoisotopic (exact) mass is 231 g/mol. The molecule has 4 nitrogen and oxygen atoms in total. The second-order valence-corrected chi connectivity index (χ2v) is 5.06. The molecular weight excluding hydrogens is 214 g/mol. The Morgan fingerprint density at radius 2 is 1.94 bits per heavy atom. The number of fused-ring (bicyclic) bond motifs is 2. The van der Waals surface area contributed by atoms with E-state index in [-0.39, 0.29) is 5.91 Å². The minimum Gasteiger partial charge on any atom is -0.399 e. The number of benzene rings is 1. The third-order valence-corrected chi connectivity index (χ3v) is 3.93. The molecule has 2 aliphatic heterocycles. The number of amides is 1. The van der Waals surface area contributed by atoms with Gasteiger partial charge in [0.15, 0.2) is 0 Å². The van der Waals surface area contributed by atoms with E-state index in [0.717, 1.165) is 25.1 Å². The molecule has 2 unspecified atom stereocenters. The fourth-order valence-corrected chi connectivity index (χ4v) is 2.91. The Labute approximate surface area is 101 Å². The zero-order valence-corrected chi connectivity index (χ0v) is 9.97. The normalized spacial score (nSPS) is 27.7. The summed E-state index contributed by atoms with van der Waals surface area (Å²) in [5.74, 6) is 0.144. The van der Waals surface area contributed by atoms with Crippen LogP contribution in [0.1, 0.15) is 16.8 Å². The molecule has 0 saturated carbocycles. The third-order valence-electron chi connectivity index (χ3n) is 3.93. The number of anilines is 1. The number of carbonyl (C=O) groups excluding carboxylic acids is 1. The lowest BCUT2D eigenvalue weighted by molar-refractivity contribution is 0.0650. The van der Waals surface area contributed by atoms with Gasteiger partial charge in [-0.15, -0.1) is 0 Å². The Morgan fingerprint density at radius 3 is 2.47 bits per heavy atom. The number of piperazine rings is 1. The predicted molar refractivity (Wildman–Crippen MR) is 66.7 cm³/mol. The van der Waals surface area contributed by atoms with E-state index in [0.29, 0.717) is 17.8 Å². The molecule has 2 fully saturated rings. The van der Waals surface area contributed by atoms with Gasteiger partial charge in [-0.1, -0.05) is 0 Å². The second-order valence-electron chi connectivity index (χ2n) is 5.06. The highest BCUT2D eigenvalue weighted by Crippen LogP contribution is 2.30. The molecule has 3 rings (SSSR count). The summed E-state index contributed by atoms with van der Waals surface area (Å²) in [5, 5.41) is 0. The third kappa shape index (κ3) is 1.69. The van der Waals surface area contributed by atoms with E-state index in [1.807, 2.05) is 17.0 Å². The van der Waals surface area contributed by atoms with Gasteiger partial charge in [0.1, 0.15) is 0 Å². The second kappa shape index (κ2) is 3.74. The van der Waals surface area contributed by atoms with Crippen LogP contribution < -0.4 is 5.73 Å². The molecule has 2 N–H and O–H groups in total. The summed E-state index contributed by atoms with van der Waals surface area (Å²) in [6, 6.07) is 8.15. The van der Waals surface area contributed by atoms with Crippen molar-refractivity contribution in [3.8, 4) is 0 Å². The Bertz CT molecular complexity index is 440. The Hall–Kier alpha value is -1.55. The molecule has 0 aromatic heterocycles. The van der Waals surface area contributed by atoms with Gasteiger partial charge in [-0.3, -0.25) is 9.69 Å². The largest absolute Gasteiger partial charge is 0.399 e. The van der Waals surface area contributed by atoms with E-state index < -0.39 is 0 Å². The van der Waals surface area contributed by atoms with Crippen LogP contribution in [0.5, 0.6) is 0 Å². The lowest BCUT2D eigenvalue weighted by atomic mass is 10.1. The van der Waals surface area contributed by atoms with Crippen LogP contribution in [0.15, 0.2) is 24.3 Å². The predicted octanol–water partition coefficient (Wildman–Crippen LogP) is 0.797. The van der Waals surface area contributed by atoms with Crippen LogP contribution in [0.3, 0.4) is 0 Å². The van der Waals surface area contributed by atoms with Gasteiger partial charge in [0.2, 0.25) is 0 Å². The highest BCUT2D eigenvalue weighted by molar-refractivity contribution is 5.95. The molecule has 1 amide bonds. The fourth-order valence-electron chi connectivity index (χ4n) is 2.91. The maximum atomic E-state index is 12.3. The van der Waals surface area contributed by atoms with Crippen LogP contribution in [0, 0.1) is 0 Å². The molecule has 0 aliphatic carbocycles. The molecule has 1 aromatic rings. The van der Waals surface area contributed by atoms with Gasteiger partial charge in [0.05, 0.1) is 0 Å². The average Bonchev–Trinajstić information content (AvgIpc) is 2.87. The zero-order chi connectivity index (χ0) is 12.0. The first-order valence-electron chi connectivity index (χ1n) is 6.02. The van der Waals surface area contributed by atoms with E-state index in [2.05, 4.69) is 11.9 Å². The summed E-state index contributed by atoms with van der Waals surface area (Å²) < 4.78 is 0. The number of rotatable bonds is 1. The van der Waals surface area contributed by atoms with Gasteiger partial charge in [-0.25, -0.2) is 0 Å². The molecule has 2 heterocycles. The highest BCUT2D eigenvalue weighted by Gasteiger charge is 2.43. The van der Waals surface area contributed by atoms with Crippen molar-refractivity contribution in [2.45, 2.75) is 18.5 Å². The molecule has 2 atom stereocenters. The van der Waals surface area contributed by atoms with Crippen molar-refractivity contribution in [1.29, 1.82) is 0 Å². The number of nitrogens with two attached hydrogens (primary N) is 1. The minimum absolute atomic E-state index is 0.144. The lowest BCUT2D eigenvalue weighted by Crippen LogP contribution is -2.47. The van der Waals surface area contributed by atoms with Gasteiger partial charge in [-0.2, -0.15) is 0 Å². The van der Waals surface area contributed by atoms with Crippen LogP contribution in [0.2, 0.25) is 0 Å². The van der Waals surface area contributed by atoms with Crippen LogP contribution >= 0.6 is 0 Å². The average molecular weight is 231 g/mol. The van der Waals surface area contributed by atoms with Gasteiger partial charge >= 0.3 is 0 Å². The molecule has 2 bridgehead atoms. The van der Waals surface area contributed by atoms with E-state index in [9.17, 15) is 4.79 Å². The van der Waals surface area contributed by atoms with E-state index >= 15 is 0 Å². The summed E-state index contributed by atoms with van der Waals surface area (Å²) >= 11 is 0. The fraction of sp³-hybridized carbons (Fsp3) is 0.462. The van der Waals surface area contributed by atoms with Crippen molar-refractivity contribution in [2.24, 2.45) is 0 Å². The number of likely N-dealkylation sites (tertiary alicyclic amines) is 2. The number of nitrogens with zero attached hydrogens (tertiary/aromatic N) is 2. The molecular formula is C13H17N3O. The molecule has 90 valence electrons. The first-order chi connectivity index (χ1) is 8.15. The molecule has 1 aromatic carbocycles. The first-order valence-corrected chi connectivity index (χ1v) is 6.02. The maximum absolute atomic E-state index is 12.3. The SMILES string of the molecule is CN1CC2CC1CN2C(=O)c1ccc(N)cc1. The summed E-state index contributed by atoms with van der Waals surface area (Å²) in [7, 11) is 2.13. The molecule has 0 radical (unpaired) electrons. The number of hydrogen-bond donors (Lipinski definition) is 1. The maximum Gasteiger partial charge on any atom is 0.254 e. The summed E-state index contributed by atoms with van der Waals surface area (Å²) in [6.07, 6.45) is 1.12. The van der Waals surface area contributed by atoms with Gasteiger partial charge in [-0.05, 0) is 37.7 Å². The van der Waals surface area contributed by atoms with E-state index in [1.165, 1.54) is 0 Å². The summed E-state index contributed by atoms with van der Waals surface area (Å²) in [6.45, 7) is 1.87. The topological polar surface area (TPSA) is 49.6 Å². The van der Waals surface area contributed by atoms with Crippen molar-refractivity contribution < 1.29 is 4.79 Å². The standard InChI is InChI=1S/C13H17N3O/c1-15-7-12-6-11(15)8-16(12)13(17)9-2-4-10(14)5-3-9/h2-5,11-12H,6-8,14H2,1H3. The molecule has 0 spiro atoms. The highest BCUT2D eigenvalue weighted by atomic mass is 16.2. The van der Waals surface area contributed by atoms with Crippen LogP contribution in [0.25, 0.3) is 0 Å². The quantitative estimate of drug-likeness (QED) is 0.727. The van der Waals surface area contributed by atoms with E-state index in [4.69, 9.17) is 5.73 Å². The lowest BCUT2D eigenvalue weighted by Gasteiger charge is -2.32. The van der Waals surface area contributed by atoms with Crippen molar-refractivity contribution in [2.75, 3.05) is 25.9 Å². The smallest absolute Gasteiger partial charge is 0.254 e. The Kier molecular flexibility index (Phi) is 2.33. The Balaban J connectivity index is 1.78. The number of hydrogen-bond acceptors (Lipinski definition) is 3. The van der Waals surface area contributed by atoms with E-state index in [1.54, 1.807) is 12.1 Å². The van der Waals surface area contributed by atoms with Gasteiger partial charge in [0, 0.05) is 36.4 Å². The van der Waals surface area contributed by atoms with Crippen LogP contribution in [-0.4, -0.2) is 47.9 Å². The van der Waals surface area contributed by atoms with Crippen LogP contribution in [0.4, 0.5) is 5.69 Å². The van der Waals surface area contributed by atoms with Crippen LogP contribution in [-0.2, 0) is 0 Å². The number of nitrogen functional groups attached to an aromatic ring is 1. The Morgan fingerprint density at radius 1 is 1.24 bits per heavy atom. The summed E-state index contributed by atoms with van der Waals surface area (Å²) in [5.41, 5.74) is 7.07. The summed E-state index contributed by atoms with van der Waals surface area (Å²) in [4.78, 5) is 16.7. The van der Waals surface area contributed by atoms with Crippen molar-refractivity contribution >= 4 is 11.6 Å². The molecule has 2 aliphatic rings. The number of likely N-dealkylation sites (N-methyl/N-ethyl adjacent to an activating group) is 1. The van der Waals surface area contributed by atoms with Gasteiger partial charge < -0.3 is 10.6 Å². The zero-order valence-electron chi connectivity index (χ0n) is 9.97.